The molecule has 0 unspecified atom stereocenters. The van der Waals surface area contributed by atoms with Crippen LogP contribution in [0, 0.1) is 10.1 Å². The van der Waals surface area contributed by atoms with E-state index >= 15 is 0 Å². The van der Waals surface area contributed by atoms with Crippen LogP contribution in [0.5, 0.6) is 5.75 Å². The number of benzene rings is 1. The third-order valence-electron chi connectivity index (χ3n) is 3.74. The van der Waals surface area contributed by atoms with Crippen molar-refractivity contribution in [3.63, 3.8) is 0 Å². The number of nitrogens with zero attached hydrogens (tertiary/aromatic N) is 3. The number of nitro groups is 1. The number of anilines is 1. The van der Waals surface area contributed by atoms with Gasteiger partial charge in [0.1, 0.15) is 11.4 Å². The van der Waals surface area contributed by atoms with Crippen molar-refractivity contribution in [2.24, 2.45) is 0 Å². The van der Waals surface area contributed by atoms with Gasteiger partial charge in [-0.1, -0.05) is 0 Å². The molecule has 1 aromatic rings. The lowest BCUT2D eigenvalue weighted by molar-refractivity contribution is -0.384. The van der Waals surface area contributed by atoms with E-state index in [1.165, 1.54) is 13.2 Å². The molecule has 0 saturated carbocycles. The molecular weight excluding hydrogens is 272 g/mol. The van der Waals surface area contributed by atoms with Crippen LogP contribution >= 0.6 is 0 Å². The molecule has 0 aliphatic carbocycles. The van der Waals surface area contributed by atoms with Crippen LogP contribution in [0.15, 0.2) is 18.2 Å². The van der Waals surface area contributed by atoms with E-state index in [2.05, 4.69) is 22.2 Å². The Hall–Kier alpha value is -1.86. The molecule has 0 bridgehead atoms. The number of piperazine rings is 1. The first-order valence-corrected chi connectivity index (χ1v) is 7.07. The van der Waals surface area contributed by atoms with Gasteiger partial charge in [-0.3, -0.25) is 15.0 Å². The second-order valence-corrected chi connectivity index (χ2v) is 5.21. The molecule has 21 heavy (non-hydrogen) atoms. The van der Waals surface area contributed by atoms with Gasteiger partial charge in [-0.05, 0) is 19.2 Å². The standard InChI is InChI=1S/C14H22N4O3/c1-16-7-9-17(10-8-16)6-5-15-13-4-3-12(21-2)11-14(13)18(19)20/h3-4,11,15H,5-10H2,1-2H3. The van der Waals surface area contributed by atoms with Gasteiger partial charge < -0.3 is 15.0 Å². The molecule has 1 heterocycles. The highest BCUT2D eigenvalue weighted by atomic mass is 16.6. The summed E-state index contributed by atoms with van der Waals surface area (Å²) in [7, 11) is 3.62. The van der Waals surface area contributed by atoms with E-state index in [4.69, 9.17) is 4.74 Å². The van der Waals surface area contributed by atoms with Crippen molar-refractivity contribution in [1.29, 1.82) is 0 Å². The molecule has 1 fully saturated rings. The minimum absolute atomic E-state index is 0.0488. The summed E-state index contributed by atoms with van der Waals surface area (Å²) in [6, 6.07) is 4.87. The monoisotopic (exact) mass is 294 g/mol. The van der Waals surface area contributed by atoms with Crippen molar-refractivity contribution < 1.29 is 9.66 Å². The fourth-order valence-corrected chi connectivity index (χ4v) is 2.36. The van der Waals surface area contributed by atoms with Gasteiger partial charge in [0, 0.05) is 39.3 Å². The van der Waals surface area contributed by atoms with Gasteiger partial charge in [0.25, 0.3) is 5.69 Å². The summed E-state index contributed by atoms with van der Waals surface area (Å²) >= 11 is 0. The van der Waals surface area contributed by atoms with E-state index in [1.807, 2.05) is 0 Å². The maximum absolute atomic E-state index is 11.1. The van der Waals surface area contributed by atoms with E-state index in [1.54, 1.807) is 12.1 Å². The lowest BCUT2D eigenvalue weighted by Gasteiger charge is -2.32. The molecule has 1 aromatic carbocycles. The van der Waals surface area contributed by atoms with Crippen molar-refractivity contribution in [3.8, 4) is 5.75 Å². The van der Waals surface area contributed by atoms with E-state index in [0.29, 0.717) is 18.0 Å². The molecule has 2 rings (SSSR count). The van der Waals surface area contributed by atoms with E-state index in [0.717, 1.165) is 32.7 Å². The van der Waals surface area contributed by atoms with Gasteiger partial charge >= 0.3 is 0 Å². The fourth-order valence-electron chi connectivity index (χ4n) is 2.36. The summed E-state index contributed by atoms with van der Waals surface area (Å²) in [6.07, 6.45) is 0. The summed E-state index contributed by atoms with van der Waals surface area (Å²) in [5.74, 6) is 0.492. The molecule has 116 valence electrons. The maximum Gasteiger partial charge on any atom is 0.296 e. The molecule has 0 amide bonds. The maximum atomic E-state index is 11.1. The number of hydrogen-bond acceptors (Lipinski definition) is 6. The predicted molar refractivity (Wildman–Crippen MR) is 82.1 cm³/mol. The van der Waals surface area contributed by atoms with Crippen LogP contribution in [0.25, 0.3) is 0 Å². The van der Waals surface area contributed by atoms with Crippen molar-refractivity contribution >= 4 is 11.4 Å². The molecule has 0 radical (unpaired) electrons. The van der Waals surface area contributed by atoms with Gasteiger partial charge in [-0.15, -0.1) is 0 Å². The zero-order chi connectivity index (χ0) is 15.2. The fraction of sp³-hybridized carbons (Fsp3) is 0.571. The SMILES string of the molecule is COc1ccc(NCCN2CCN(C)CC2)c([N+](=O)[O-])c1. The zero-order valence-electron chi connectivity index (χ0n) is 12.5. The normalized spacial score (nSPS) is 16.7. The van der Waals surface area contributed by atoms with Gasteiger partial charge in [0.05, 0.1) is 18.1 Å². The minimum atomic E-state index is -0.388. The molecule has 1 aliphatic rings. The summed E-state index contributed by atoms with van der Waals surface area (Å²) in [6.45, 7) is 5.81. The summed E-state index contributed by atoms with van der Waals surface area (Å²) in [5, 5.41) is 14.2. The largest absolute Gasteiger partial charge is 0.496 e. The lowest BCUT2D eigenvalue weighted by Crippen LogP contribution is -2.45. The molecular formula is C14H22N4O3. The smallest absolute Gasteiger partial charge is 0.296 e. The van der Waals surface area contributed by atoms with Gasteiger partial charge in [0.15, 0.2) is 0 Å². The van der Waals surface area contributed by atoms with Crippen LogP contribution in [0.1, 0.15) is 0 Å². The van der Waals surface area contributed by atoms with Crippen molar-refractivity contribution in [3.05, 3.63) is 28.3 Å². The first-order chi connectivity index (χ1) is 10.1. The number of nitrogens with one attached hydrogen (secondary N) is 1. The number of nitro benzene ring substituents is 1. The molecule has 1 aliphatic heterocycles. The highest BCUT2D eigenvalue weighted by Crippen LogP contribution is 2.28. The van der Waals surface area contributed by atoms with Crippen LogP contribution in [-0.4, -0.2) is 68.1 Å². The van der Waals surface area contributed by atoms with Gasteiger partial charge in [-0.2, -0.15) is 0 Å². The lowest BCUT2D eigenvalue weighted by atomic mass is 10.2. The minimum Gasteiger partial charge on any atom is -0.496 e. The molecule has 7 nitrogen and oxygen atoms in total. The zero-order valence-corrected chi connectivity index (χ0v) is 12.5. The number of rotatable bonds is 6. The van der Waals surface area contributed by atoms with Crippen molar-refractivity contribution in [2.45, 2.75) is 0 Å². The molecule has 1 saturated heterocycles. The average molecular weight is 294 g/mol. The first kappa shape index (κ1) is 15.5. The number of hydrogen-bond donors (Lipinski definition) is 1. The Bertz CT molecular complexity index is 487. The molecule has 7 heteroatoms. The van der Waals surface area contributed by atoms with Crippen LogP contribution in [0.3, 0.4) is 0 Å². The average Bonchev–Trinajstić information content (AvgIpc) is 2.49. The Balaban J connectivity index is 1.89. The second kappa shape index (κ2) is 7.24. The highest BCUT2D eigenvalue weighted by Gasteiger charge is 2.16. The van der Waals surface area contributed by atoms with E-state index in [9.17, 15) is 10.1 Å². The number of ether oxygens (including phenoxy) is 1. The molecule has 1 N–H and O–H groups in total. The molecule has 0 spiro atoms. The van der Waals surface area contributed by atoms with Crippen molar-refractivity contribution in [2.75, 3.05) is 58.7 Å². The van der Waals surface area contributed by atoms with E-state index < -0.39 is 0 Å². The van der Waals surface area contributed by atoms with E-state index in [-0.39, 0.29) is 10.6 Å². The summed E-state index contributed by atoms with van der Waals surface area (Å²) in [4.78, 5) is 15.4. The van der Waals surface area contributed by atoms with Crippen LogP contribution in [0.4, 0.5) is 11.4 Å². The van der Waals surface area contributed by atoms with Crippen LogP contribution in [0.2, 0.25) is 0 Å². The number of likely N-dealkylation sites (N-methyl/N-ethyl adjacent to an activating group) is 1. The third-order valence-corrected chi connectivity index (χ3v) is 3.74. The van der Waals surface area contributed by atoms with Gasteiger partial charge in [0.2, 0.25) is 0 Å². The highest BCUT2D eigenvalue weighted by molar-refractivity contribution is 5.63. The van der Waals surface area contributed by atoms with Crippen LogP contribution < -0.4 is 10.1 Å². The van der Waals surface area contributed by atoms with Crippen LogP contribution in [-0.2, 0) is 0 Å². The Labute approximate surface area is 124 Å². The second-order valence-electron chi connectivity index (χ2n) is 5.21. The topological polar surface area (TPSA) is 70.9 Å². The summed E-state index contributed by atoms with van der Waals surface area (Å²) in [5.41, 5.74) is 0.586. The third kappa shape index (κ3) is 4.30. The van der Waals surface area contributed by atoms with Gasteiger partial charge in [-0.25, -0.2) is 0 Å². The Morgan fingerprint density at radius 3 is 2.67 bits per heavy atom. The molecule has 0 atom stereocenters. The Morgan fingerprint density at radius 2 is 2.05 bits per heavy atom. The predicted octanol–water partition coefficient (Wildman–Crippen LogP) is 1.26. The number of methoxy groups -OCH3 is 1. The quantitative estimate of drug-likeness (QED) is 0.629. The molecule has 0 aromatic heterocycles. The summed E-state index contributed by atoms with van der Waals surface area (Å²) < 4.78 is 5.02. The Kier molecular flexibility index (Phi) is 5.35. The van der Waals surface area contributed by atoms with Crippen molar-refractivity contribution in [1.82, 2.24) is 9.80 Å². The Morgan fingerprint density at radius 1 is 1.33 bits per heavy atom. The first-order valence-electron chi connectivity index (χ1n) is 7.07.